The minimum Gasteiger partial charge on any atom is -0.496 e. The Balaban J connectivity index is 1.75. The van der Waals surface area contributed by atoms with Crippen molar-refractivity contribution in [1.29, 1.82) is 0 Å². The number of amides is 1. The standard InChI is InChI=1S/C18H17N3O2S/c1-23-16-10-6-5-9-15(16)11-19-20-18-21(17(22)13-24-18)12-14-7-3-2-4-8-14/h2-11H,12-13H2,1H3. The minimum absolute atomic E-state index is 0.0510. The average Bonchev–Trinajstić information content (AvgIpc) is 2.96. The number of hydrogen-bond acceptors (Lipinski definition) is 5. The van der Waals surface area contributed by atoms with E-state index in [0.29, 0.717) is 17.5 Å². The van der Waals surface area contributed by atoms with Crippen molar-refractivity contribution in [1.82, 2.24) is 4.90 Å². The van der Waals surface area contributed by atoms with Crippen LogP contribution < -0.4 is 4.74 Å². The number of hydrogen-bond donors (Lipinski definition) is 0. The Kier molecular flexibility index (Phi) is 5.28. The largest absolute Gasteiger partial charge is 0.496 e. The summed E-state index contributed by atoms with van der Waals surface area (Å²) in [6, 6.07) is 17.4. The molecule has 6 heteroatoms. The minimum atomic E-state index is 0.0510. The maximum Gasteiger partial charge on any atom is 0.239 e. The van der Waals surface area contributed by atoms with E-state index in [-0.39, 0.29) is 5.91 Å². The number of rotatable bonds is 5. The second kappa shape index (κ2) is 7.79. The summed E-state index contributed by atoms with van der Waals surface area (Å²) in [4.78, 5) is 13.7. The summed E-state index contributed by atoms with van der Waals surface area (Å²) in [5.74, 6) is 1.18. The van der Waals surface area contributed by atoms with Crippen molar-refractivity contribution in [2.24, 2.45) is 10.2 Å². The van der Waals surface area contributed by atoms with E-state index in [4.69, 9.17) is 4.74 Å². The second-order valence-corrected chi connectivity index (χ2v) is 6.07. The molecule has 2 aromatic carbocycles. The molecule has 0 unspecified atom stereocenters. The van der Waals surface area contributed by atoms with Gasteiger partial charge in [-0.2, -0.15) is 5.10 Å². The van der Waals surface area contributed by atoms with Crippen LogP contribution in [0.3, 0.4) is 0 Å². The van der Waals surface area contributed by atoms with Crippen molar-refractivity contribution in [3.63, 3.8) is 0 Å². The molecular formula is C18H17N3O2S. The summed E-state index contributed by atoms with van der Waals surface area (Å²) >= 11 is 1.40. The lowest BCUT2D eigenvalue weighted by Crippen LogP contribution is -2.28. The fourth-order valence-corrected chi connectivity index (χ4v) is 3.14. The van der Waals surface area contributed by atoms with E-state index in [1.54, 1.807) is 18.2 Å². The first-order chi connectivity index (χ1) is 11.8. The van der Waals surface area contributed by atoms with Crippen LogP contribution in [0.5, 0.6) is 5.75 Å². The molecule has 1 fully saturated rings. The van der Waals surface area contributed by atoms with Gasteiger partial charge in [-0.1, -0.05) is 54.2 Å². The predicted octanol–water partition coefficient (Wildman–Crippen LogP) is 3.16. The number of benzene rings is 2. The molecule has 1 aliphatic heterocycles. The van der Waals surface area contributed by atoms with Crippen molar-refractivity contribution in [2.45, 2.75) is 6.54 Å². The van der Waals surface area contributed by atoms with E-state index in [1.807, 2.05) is 54.6 Å². The summed E-state index contributed by atoms with van der Waals surface area (Å²) in [5.41, 5.74) is 1.91. The Hall–Kier alpha value is -2.60. The lowest BCUT2D eigenvalue weighted by Gasteiger charge is -2.14. The van der Waals surface area contributed by atoms with Crippen LogP contribution in [0, 0.1) is 0 Å². The molecule has 1 heterocycles. The number of methoxy groups -OCH3 is 1. The van der Waals surface area contributed by atoms with Gasteiger partial charge in [0.15, 0.2) is 5.17 Å². The van der Waals surface area contributed by atoms with Crippen LogP contribution in [0.4, 0.5) is 0 Å². The quantitative estimate of drug-likeness (QED) is 0.621. The summed E-state index contributed by atoms with van der Waals surface area (Å²) in [7, 11) is 1.62. The first-order valence-electron chi connectivity index (χ1n) is 7.49. The van der Waals surface area contributed by atoms with Gasteiger partial charge in [-0.15, -0.1) is 5.10 Å². The van der Waals surface area contributed by atoms with E-state index in [2.05, 4.69) is 10.2 Å². The first-order valence-corrected chi connectivity index (χ1v) is 8.47. The van der Waals surface area contributed by atoms with E-state index >= 15 is 0 Å². The molecule has 0 atom stereocenters. The smallest absolute Gasteiger partial charge is 0.239 e. The first kappa shape index (κ1) is 16.3. The van der Waals surface area contributed by atoms with Gasteiger partial charge in [0, 0.05) is 5.56 Å². The molecule has 0 radical (unpaired) electrons. The second-order valence-electron chi connectivity index (χ2n) is 5.12. The third-order valence-electron chi connectivity index (χ3n) is 3.52. The van der Waals surface area contributed by atoms with Crippen molar-refractivity contribution in [2.75, 3.05) is 12.9 Å². The lowest BCUT2D eigenvalue weighted by molar-refractivity contribution is -0.124. The highest BCUT2D eigenvalue weighted by Gasteiger charge is 2.28. The van der Waals surface area contributed by atoms with Crippen LogP contribution in [0.2, 0.25) is 0 Å². The number of nitrogens with zero attached hydrogens (tertiary/aromatic N) is 3. The molecule has 0 bridgehead atoms. The van der Waals surface area contributed by atoms with Gasteiger partial charge < -0.3 is 4.74 Å². The third-order valence-corrected chi connectivity index (χ3v) is 4.47. The Labute approximate surface area is 145 Å². The summed E-state index contributed by atoms with van der Waals surface area (Å²) in [6.07, 6.45) is 1.63. The van der Waals surface area contributed by atoms with E-state index in [1.165, 1.54) is 11.8 Å². The third kappa shape index (κ3) is 3.83. The SMILES string of the molecule is COc1ccccc1C=NN=C1SCC(=O)N1Cc1ccccc1. The number of para-hydroxylation sites is 1. The molecule has 122 valence electrons. The molecule has 24 heavy (non-hydrogen) atoms. The fraction of sp³-hybridized carbons (Fsp3) is 0.167. The molecule has 1 aliphatic rings. The molecule has 2 aromatic rings. The van der Waals surface area contributed by atoms with E-state index in [9.17, 15) is 4.79 Å². The van der Waals surface area contributed by atoms with Gasteiger partial charge >= 0.3 is 0 Å². The monoisotopic (exact) mass is 339 g/mol. The number of carbonyl (C=O) groups excluding carboxylic acids is 1. The van der Waals surface area contributed by atoms with Crippen molar-refractivity contribution >= 4 is 29.1 Å². The van der Waals surface area contributed by atoms with Crippen molar-refractivity contribution in [3.05, 3.63) is 65.7 Å². The fourth-order valence-electron chi connectivity index (χ4n) is 2.31. The zero-order chi connectivity index (χ0) is 16.8. The number of ether oxygens (including phenoxy) is 1. The molecule has 1 amide bonds. The molecule has 0 spiro atoms. The summed E-state index contributed by atoms with van der Waals surface area (Å²) in [6.45, 7) is 0.510. The zero-order valence-corrected chi connectivity index (χ0v) is 14.1. The van der Waals surface area contributed by atoms with Crippen molar-refractivity contribution in [3.8, 4) is 5.75 Å². The highest BCUT2D eigenvalue weighted by molar-refractivity contribution is 8.15. The molecule has 1 saturated heterocycles. The molecule has 0 aliphatic carbocycles. The Morgan fingerprint density at radius 1 is 1.17 bits per heavy atom. The zero-order valence-electron chi connectivity index (χ0n) is 13.3. The van der Waals surface area contributed by atoms with Gasteiger partial charge in [0.25, 0.3) is 0 Å². The van der Waals surface area contributed by atoms with E-state index < -0.39 is 0 Å². The van der Waals surface area contributed by atoms with Gasteiger partial charge in [0.2, 0.25) is 5.91 Å². The van der Waals surface area contributed by atoms with Crippen LogP contribution in [0.1, 0.15) is 11.1 Å². The Morgan fingerprint density at radius 2 is 1.92 bits per heavy atom. The molecule has 0 N–H and O–H groups in total. The van der Waals surface area contributed by atoms with Crippen molar-refractivity contribution < 1.29 is 9.53 Å². The van der Waals surface area contributed by atoms with Crippen LogP contribution in [0.15, 0.2) is 64.8 Å². The number of thioether (sulfide) groups is 1. The molecular weight excluding hydrogens is 322 g/mol. The Bertz CT molecular complexity index is 775. The number of carbonyl (C=O) groups is 1. The highest BCUT2D eigenvalue weighted by Crippen LogP contribution is 2.22. The molecule has 0 aromatic heterocycles. The maximum absolute atomic E-state index is 12.1. The normalized spacial score (nSPS) is 16.3. The lowest BCUT2D eigenvalue weighted by atomic mass is 10.2. The Morgan fingerprint density at radius 3 is 2.71 bits per heavy atom. The predicted molar refractivity (Wildman–Crippen MR) is 97.5 cm³/mol. The molecule has 3 rings (SSSR count). The summed E-state index contributed by atoms with van der Waals surface area (Å²) in [5, 5.41) is 8.97. The summed E-state index contributed by atoms with van der Waals surface area (Å²) < 4.78 is 5.28. The van der Waals surface area contributed by atoms with Crippen LogP contribution in [-0.4, -0.2) is 35.1 Å². The van der Waals surface area contributed by atoms with Gasteiger partial charge in [0.05, 0.1) is 25.6 Å². The highest BCUT2D eigenvalue weighted by atomic mass is 32.2. The molecule has 5 nitrogen and oxygen atoms in total. The topological polar surface area (TPSA) is 54.3 Å². The van der Waals surface area contributed by atoms with E-state index in [0.717, 1.165) is 16.9 Å². The van der Waals surface area contributed by atoms with Gasteiger partial charge in [-0.05, 0) is 17.7 Å². The van der Waals surface area contributed by atoms with Crippen LogP contribution >= 0.6 is 11.8 Å². The van der Waals surface area contributed by atoms with Gasteiger partial charge in [0.1, 0.15) is 5.75 Å². The maximum atomic E-state index is 12.1. The van der Waals surface area contributed by atoms with Gasteiger partial charge in [-0.3, -0.25) is 9.69 Å². The number of amidine groups is 1. The van der Waals surface area contributed by atoms with Crippen LogP contribution in [0.25, 0.3) is 0 Å². The van der Waals surface area contributed by atoms with Crippen LogP contribution in [-0.2, 0) is 11.3 Å². The van der Waals surface area contributed by atoms with Gasteiger partial charge in [-0.25, -0.2) is 0 Å². The molecule has 0 saturated carbocycles. The average molecular weight is 339 g/mol.